The summed E-state index contributed by atoms with van der Waals surface area (Å²) in [5, 5.41) is 0. The molecule has 0 heterocycles. The van der Waals surface area contributed by atoms with Crippen molar-refractivity contribution in [1.29, 1.82) is 0 Å². The summed E-state index contributed by atoms with van der Waals surface area (Å²) in [5.74, 6) is -1.02. The van der Waals surface area contributed by atoms with Gasteiger partial charge in [-0.15, -0.1) is 0 Å². The molecule has 0 unspecified atom stereocenters. The number of aliphatic imine (C=N–C) groups is 1. The molecule has 0 aliphatic heterocycles. The number of hydrogen-bond donors (Lipinski definition) is 0. The molecule has 5 heteroatoms. The van der Waals surface area contributed by atoms with Crippen LogP contribution in [0.4, 0.5) is 8.78 Å². The highest BCUT2D eigenvalue weighted by Crippen LogP contribution is 2.07. The molecular formula is C11H13F2NO2. The number of methoxy groups -OCH3 is 2. The second kappa shape index (κ2) is 6.30. The average molecular weight is 229 g/mol. The molecule has 88 valence electrons. The Kier molecular flexibility index (Phi) is 5.01. The smallest absolute Gasteiger partial charge is 0.176 e. The maximum atomic E-state index is 13.1. The predicted octanol–water partition coefficient (Wildman–Crippen LogP) is 2.00. The van der Waals surface area contributed by atoms with Gasteiger partial charge in [0, 0.05) is 26.0 Å². The SMILES string of the molecule is COC(CN=Cc1cc(F)ccc1F)OC. The van der Waals surface area contributed by atoms with E-state index in [4.69, 9.17) is 9.47 Å². The number of benzene rings is 1. The van der Waals surface area contributed by atoms with Gasteiger partial charge in [0.1, 0.15) is 11.6 Å². The van der Waals surface area contributed by atoms with Crippen molar-refractivity contribution in [3.63, 3.8) is 0 Å². The van der Waals surface area contributed by atoms with E-state index < -0.39 is 17.9 Å². The van der Waals surface area contributed by atoms with Crippen molar-refractivity contribution in [3.8, 4) is 0 Å². The van der Waals surface area contributed by atoms with E-state index in [1.807, 2.05) is 0 Å². The van der Waals surface area contributed by atoms with Gasteiger partial charge in [-0.3, -0.25) is 4.99 Å². The van der Waals surface area contributed by atoms with E-state index in [9.17, 15) is 8.78 Å². The molecule has 0 bridgehead atoms. The van der Waals surface area contributed by atoms with Crippen molar-refractivity contribution in [2.45, 2.75) is 6.29 Å². The monoisotopic (exact) mass is 229 g/mol. The minimum Gasteiger partial charge on any atom is -0.354 e. The zero-order chi connectivity index (χ0) is 12.0. The molecule has 0 aliphatic carbocycles. The van der Waals surface area contributed by atoms with Crippen LogP contribution in [0.25, 0.3) is 0 Å². The first-order valence-corrected chi connectivity index (χ1v) is 4.68. The van der Waals surface area contributed by atoms with Gasteiger partial charge in [0.15, 0.2) is 6.29 Å². The Balaban J connectivity index is 2.65. The van der Waals surface area contributed by atoms with E-state index in [1.165, 1.54) is 20.4 Å². The van der Waals surface area contributed by atoms with E-state index in [0.29, 0.717) is 0 Å². The van der Waals surface area contributed by atoms with Crippen LogP contribution in [0, 0.1) is 11.6 Å². The largest absolute Gasteiger partial charge is 0.354 e. The first-order valence-electron chi connectivity index (χ1n) is 4.68. The molecule has 1 aromatic carbocycles. The molecule has 0 aliphatic rings. The van der Waals surface area contributed by atoms with Crippen LogP contribution < -0.4 is 0 Å². The van der Waals surface area contributed by atoms with Crippen LogP contribution in [-0.2, 0) is 9.47 Å². The van der Waals surface area contributed by atoms with E-state index in [-0.39, 0.29) is 12.1 Å². The van der Waals surface area contributed by atoms with E-state index in [0.717, 1.165) is 18.2 Å². The summed E-state index contributed by atoms with van der Waals surface area (Å²) in [7, 11) is 2.96. The Morgan fingerprint density at radius 1 is 1.31 bits per heavy atom. The summed E-state index contributed by atoms with van der Waals surface area (Å²) in [6, 6.07) is 3.19. The van der Waals surface area contributed by atoms with Crippen molar-refractivity contribution in [1.82, 2.24) is 0 Å². The van der Waals surface area contributed by atoms with Gasteiger partial charge in [-0.2, -0.15) is 0 Å². The van der Waals surface area contributed by atoms with Crippen LogP contribution in [0.5, 0.6) is 0 Å². The molecule has 0 saturated heterocycles. The lowest BCUT2D eigenvalue weighted by atomic mass is 10.2. The lowest BCUT2D eigenvalue weighted by Gasteiger charge is -2.09. The maximum absolute atomic E-state index is 13.1. The van der Waals surface area contributed by atoms with Crippen molar-refractivity contribution in [2.24, 2.45) is 4.99 Å². The Morgan fingerprint density at radius 3 is 2.62 bits per heavy atom. The van der Waals surface area contributed by atoms with Gasteiger partial charge in [-0.05, 0) is 18.2 Å². The fraction of sp³-hybridized carbons (Fsp3) is 0.364. The fourth-order valence-electron chi connectivity index (χ4n) is 1.10. The van der Waals surface area contributed by atoms with Gasteiger partial charge in [-0.25, -0.2) is 8.78 Å². The fourth-order valence-corrected chi connectivity index (χ4v) is 1.10. The normalized spacial score (nSPS) is 11.6. The lowest BCUT2D eigenvalue weighted by molar-refractivity contribution is -0.0936. The van der Waals surface area contributed by atoms with Crippen molar-refractivity contribution in [3.05, 3.63) is 35.4 Å². The van der Waals surface area contributed by atoms with Crippen LogP contribution in [-0.4, -0.2) is 33.3 Å². The number of halogens is 2. The van der Waals surface area contributed by atoms with Gasteiger partial charge in [0.05, 0.1) is 6.54 Å². The third-order valence-electron chi connectivity index (χ3n) is 1.97. The molecule has 0 amide bonds. The topological polar surface area (TPSA) is 30.8 Å². The summed E-state index contributed by atoms with van der Waals surface area (Å²) in [4.78, 5) is 3.90. The molecule has 3 nitrogen and oxygen atoms in total. The predicted molar refractivity (Wildman–Crippen MR) is 56.6 cm³/mol. The first-order chi connectivity index (χ1) is 7.67. The van der Waals surface area contributed by atoms with Crippen molar-refractivity contribution >= 4 is 6.21 Å². The maximum Gasteiger partial charge on any atom is 0.176 e. The summed E-state index contributed by atoms with van der Waals surface area (Å²) in [6.07, 6.45) is 0.775. The number of rotatable bonds is 5. The highest BCUT2D eigenvalue weighted by Gasteiger charge is 2.03. The molecule has 0 fully saturated rings. The minimum atomic E-state index is -0.517. The zero-order valence-corrected chi connectivity index (χ0v) is 9.11. The molecular weight excluding hydrogens is 216 g/mol. The summed E-state index contributed by atoms with van der Waals surface area (Å²) in [6.45, 7) is 0.225. The quantitative estimate of drug-likeness (QED) is 0.571. The molecule has 0 saturated carbocycles. The molecule has 1 rings (SSSR count). The second-order valence-electron chi connectivity index (χ2n) is 3.06. The van der Waals surface area contributed by atoms with Gasteiger partial charge in [0.2, 0.25) is 0 Å². The Morgan fingerprint density at radius 2 is 2.00 bits per heavy atom. The Labute approximate surface area is 92.7 Å². The van der Waals surface area contributed by atoms with E-state index in [2.05, 4.69) is 4.99 Å². The van der Waals surface area contributed by atoms with Gasteiger partial charge >= 0.3 is 0 Å². The molecule has 0 atom stereocenters. The number of ether oxygens (including phenoxy) is 2. The standard InChI is InChI=1S/C11H13F2NO2/c1-15-11(16-2)7-14-6-8-5-9(12)3-4-10(8)13/h3-6,11H,7H2,1-2H3. The Hall–Kier alpha value is -1.33. The summed E-state index contributed by atoms with van der Waals surface area (Å²) >= 11 is 0. The average Bonchev–Trinajstić information content (AvgIpc) is 2.29. The highest BCUT2D eigenvalue weighted by molar-refractivity contribution is 5.79. The van der Waals surface area contributed by atoms with Crippen molar-refractivity contribution in [2.75, 3.05) is 20.8 Å². The van der Waals surface area contributed by atoms with Gasteiger partial charge in [0.25, 0.3) is 0 Å². The molecule has 0 radical (unpaired) electrons. The van der Waals surface area contributed by atoms with E-state index >= 15 is 0 Å². The van der Waals surface area contributed by atoms with Crippen LogP contribution in [0.3, 0.4) is 0 Å². The third kappa shape index (κ3) is 3.67. The van der Waals surface area contributed by atoms with Gasteiger partial charge < -0.3 is 9.47 Å². The van der Waals surface area contributed by atoms with Crippen LogP contribution in [0.2, 0.25) is 0 Å². The van der Waals surface area contributed by atoms with Crippen LogP contribution in [0.15, 0.2) is 23.2 Å². The lowest BCUT2D eigenvalue weighted by Crippen LogP contribution is -2.16. The summed E-state index contributed by atoms with van der Waals surface area (Å²) in [5.41, 5.74) is 0.103. The second-order valence-corrected chi connectivity index (χ2v) is 3.06. The van der Waals surface area contributed by atoms with E-state index in [1.54, 1.807) is 0 Å². The van der Waals surface area contributed by atoms with Gasteiger partial charge in [-0.1, -0.05) is 0 Å². The molecule has 0 N–H and O–H groups in total. The summed E-state index contributed by atoms with van der Waals surface area (Å²) < 4.78 is 35.7. The molecule has 1 aromatic rings. The minimum absolute atomic E-state index is 0.103. The zero-order valence-electron chi connectivity index (χ0n) is 9.11. The van der Waals surface area contributed by atoms with Crippen molar-refractivity contribution < 1.29 is 18.3 Å². The third-order valence-corrected chi connectivity index (χ3v) is 1.97. The first kappa shape index (κ1) is 12.7. The Bertz CT molecular complexity index is 365. The molecule has 0 spiro atoms. The van der Waals surface area contributed by atoms with Crippen LogP contribution in [0.1, 0.15) is 5.56 Å². The molecule has 0 aromatic heterocycles. The highest BCUT2D eigenvalue weighted by atomic mass is 19.1. The molecule has 16 heavy (non-hydrogen) atoms. The van der Waals surface area contributed by atoms with Crippen LogP contribution >= 0.6 is 0 Å². The number of nitrogens with zero attached hydrogens (tertiary/aromatic N) is 1. The number of hydrogen-bond acceptors (Lipinski definition) is 3.